The van der Waals surface area contributed by atoms with E-state index in [0.717, 1.165) is 22.1 Å². The lowest BCUT2D eigenvalue weighted by Crippen LogP contribution is -2.65. The van der Waals surface area contributed by atoms with E-state index < -0.39 is 65.9 Å². The molecule has 6 bridgehead atoms. The van der Waals surface area contributed by atoms with E-state index in [4.69, 9.17) is 55.0 Å². The van der Waals surface area contributed by atoms with E-state index >= 15 is 0 Å². The Labute approximate surface area is 220 Å². The Bertz CT molecular complexity index is 665. The van der Waals surface area contributed by atoms with Gasteiger partial charge < -0.3 is 78.2 Å². The van der Waals surface area contributed by atoms with Gasteiger partial charge in [0.2, 0.25) is 0 Å². The van der Waals surface area contributed by atoms with E-state index in [9.17, 15) is 5.02 Å². The number of nitrogens with zero attached hydrogens (tertiary/aromatic N) is 2. The van der Waals surface area contributed by atoms with Crippen LogP contribution < -0.4 is 5.02 Å². The molecule has 6 fully saturated rings. The zero-order chi connectivity index (χ0) is 25.9. The number of likely N-dealkylation sites (N-methyl/N-ethyl adjacent to an activating group) is 2. The van der Waals surface area contributed by atoms with Crippen molar-refractivity contribution < 1.29 is 78.2 Å². The van der Waals surface area contributed by atoms with E-state index in [1.165, 1.54) is 0 Å². The maximum absolute atomic E-state index is 10.9. The van der Waals surface area contributed by atoms with Crippen molar-refractivity contribution in [2.45, 2.75) is 7.43 Å². The van der Waals surface area contributed by atoms with Gasteiger partial charge in [0.1, 0.15) is 13.1 Å². The van der Waals surface area contributed by atoms with Crippen molar-refractivity contribution in [3.8, 4) is 0 Å². The average molecular weight is 528 g/mol. The second-order valence-electron chi connectivity index (χ2n) is 10.0. The Hall–Kier alpha value is -0.0956. The van der Waals surface area contributed by atoms with Crippen LogP contribution in [0.4, 0.5) is 0 Å². The third-order valence-corrected chi connectivity index (χ3v) is 4.70. The van der Waals surface area contributed by atoms with Gasteiger partial charge in [0.15, 0.2) is 0 Å². The molecule has 6 aliphatic heterocycles. The topological polar surface area (TPSA) is 152 Å². The van der Waals surface area contributed by atoms with Gasteiger partial charge in [-0.05, 0) is 0 Å². The van der Waals surface area contributed by atoms with E-state index in [-0.39, 0.29) is 7.43 Å². The molecular weight excluding hydrogens is 497 g/mol. The summed E-state index contributed by atoms with van der Waals surface area (Å²) in [7, 11) is 2.87. The molecule has 6 rings (SSSR count). The summed E-state index contributed by atoms with van der Waals surface area (Å²) in [6.07, 6.45) is 0. The van der Waals surface area contributed by atoms with Crippen molar-refractivity contribution in [1.82, 2.24) is 0 Å². The molecule has 0 spiro atoms. The molecule has 37 heavy (non-hydrogen) atoms. The molecule has 0 aliphatic carbocycles. The van der Waals surface area contributed by atoms with Crippen LogP contribution in [0.1, 0.15) is 7.43 Å². The van der Waals surface area contributed by atoms with Crippen molar-refractivity contribution in [2.75, 3.05) is 68.6 Å². The molecule has 0 aromatic carbocycles. The van der Waals surface area contributed by atoms with Crippen molar-refractivity contribution in [1.29, 1.82) is 0 Å². The molecule has 6 heterocycles. The van der Waals surface area contributed by atoms with Gasteiger partial charge >= 0.3 is 65.9 Å². The summed E-state index contributed by atoms with van der Waals surface area (Å²) in [6, 6.07) is 0. The molecule has 6 aliphatic rings. The van der Waals surface area contributed by atoms with Gasteiger partial charge in [-0.2, -0.15) is 0 Å². The van der Waals surface area contributed by atoms with Gasteiger partial charge in [-0.25, -0.2) is 0 Å². The molecule has 0 atom stereocenters. The van der Waals surface area contributed by atoms with Crippen molar-refractivity contribution in [3.05, 3.63) is 0 Å². The molecule has 0 aromatic rings. The second-order valence-corrected chi connectivity index (χ2v) is 10.0. The maximum atomic E-state index is 10.9. The van der Waals surface area contributed by atoms with Crippen LogP contribution >= 0.6 is 0 Å². The minimum atomic E-state index is -1.66. The van der Waals surface area contributed by atoms with Gasteiger partial charge in [0.05, 0.1) is 55.5 Å². The summed E-state index contributed by atoms with van der Waals surface area (Å²) < 4.78 is 72.8. The molecular formula is C11H30B9N2O15+. The standard InChI is InChI=1S/C5H13B5NO8.C5H13B4NO7.CH4/c1-11(2,3)4-5-12-6-13-7-15-8(14-6)17-10-18-9(16-7)19-10;1-10(2,3)4-5-12-7-15-8-13-6(11)14-9(16-7)17-8;/h4-5H2,1-3H3;4-5H2,1-3H3;1H4/q+1;;. The summed E-state index contributed by atoms with van der Waals surface area (Å²) in [5.41, 5.74) is 0. The summed E-state index contributed by atoms with van der Waals surface area (Å²) >= 11 is 0. The number of rotatable bonds is 8. The van der Waals surface area contributed by atoms with E-state index in [2.05, 4.69) is 30.3 Å². The molecule has 17 nitrogen and oxygen atoms in total. The third-order valence-electron chi connectivity index (χ3n) is 4.70. The molecule has 0 radical (unpaired) electrons. The Morgan fingerprint density at radius 3 is 1.05 bits per heavy atom. The zero-order valence-electron chi connectivity index (χ0n) is 21.0. The number of hydrogen-bond acceptors (Lipinski definition) is 15. The van der Waals surface area contributed by atoms with Gasteiger partial charge in [-0.1, -0.05) is 7.43 Å². The lowest BCUT2D eigenvalue weighted by Gasteiger charge is -2.38. The van der Waals surface area contributed by atoms with Gasteiger partial charge in [-0.3, -0.25) is 0 Å². The Balaban J connectivity index is 0.000000201. The largest absolute Gasteiger partial charge is 0.833 e. The van der Waals surface area contributed by atoms with Crippen LogP contribution in [0, 0.1) is 0 Å². The van der Waals surface area contributed by atoms with E-state index in [0.29, 0.717) is 13.2 Å². The minimum absolute atomic E-state index is 0. The predicted molar refractivity (Wildman–Crippen MR) is 129 cm³/mol. The highest BCUT2D eigenvalue weighted by Gasteiger charge is 2.59. The molecule has 0 N–H and O–H groups in total. The third kappa shape index (κ3) is 10.8. The second kappa shape index (κ2) is 13.5. The van der Waals surface area contributed by atoms with E-state index in [1.54, 1.807) is 0 Å². The number of hydrogen-bond donors (Lipinski definition) is 0. The van der Waals surface area contributed by atoms with Crippen LogP contribution in [0.3, 0.4) is 0 Å². The Morgan fingerprint density at radius 1 is 0.486 bits per heavy atom. The number of fused-ring (bicyclic) bond motifs is 2. The SMILES string of the molecule is C.C[N+](C)(C)CCOB1OB2OB(O1)OB1OB(O2)O1.C[N+](C)(C)CCOB1OB2OB([O-])OB(O1)O2. The fourth-order valence-electron chi connectivity index (χ4n) is 2.71. The molecule has 0 aromatic heterocycles. The minimum Gasteiger partial charge on any atom is -0.833 e. The highest BCUT2D eigenvalue weighted by atomic mass is 17.0. The van der Waals surface area contributed by atoms with Crippen molar-refractivity contribution in [2.24, 2.45) is 0 Å². The molecule has 0 unspecified atom stereocenters. The molecule has 0 amide bonds. The fourth-order valence-corrected chi connectivity index (χ4v) is 2.71. The Morgan fingerprint density at radius 2 is 0.757 bits per heavy atom. The van der Waals surface area contributed by atoms with E-state index in [1.807, 2.05) is 21.1 Å². The summed E-state index contributed by atoms with van der Waals surface area (Å²) in [4.78, 5) is 0. The highest BCUT2D eigenvalue weighted by Crippen LogP contribution is 2.22. The van der Waals surface area contributed by atoms with Crippen LogP contribution in [0.2, 0.25) is 0 Å². The zero-order valence-corrected chi connectivity index (χ0v) is 21.0. The first-order chi connectivity index (χ1) is 16.9. The van der Waals surface area contributed by atoms with Gasteiger partial charge in [-0.15, -0.1) is 0 Å². The van der Waals surface area contributed by atoms with Crippen LogP contribution in [0.15, 0.2) is 0 Å². The summed E-state index contributed by atoms with van der Waals surface area (Å²) in [5, 5.41) is 10.9. The van der Waals surface area contributed by atoms with Crippen LogP contribution in [-0.4, -0.2) is 143 Å². The highest BCUT2D eigenvalue weighted by molar-refractivity contribution is 6.79. The van der Waals surface area contributed by atoms with Gasteiger partial charge in [0, 0.05) is 0 Å². The quantitative estimate of drug-likeness (QED) is 0.220. The maximum Gasteiger partial charge on any atom is 0.615 e. The van der Waals surface area contributed by atoms with Crippen LogP contribution in [-0.2, 0) is 64.2 Å². The lowest BCUT2D eigenvalue weighted by molar-refractivity contribution is -0.870. The summed E-state index contributed by atoms with van der Waals surface area (Å²) in [5.74, 6) is 0. The lowest BCUT2D eigenvalue weighted by atomic mass is 9.86. The van der Waals surface area contributed by atoms with Crippen LogP contribution in [0.5, 0.6) is 0 Å². The fraction of sp³-hybridized carbons (Fsp3) is 1.00. The normalized spacial score (nSPS) is 21.6. The summed E-state index contributed by atoms with van der Waals surface area (Å²) in [6.45, 7) is 2.49. The average Bonchev–Trinajstić information content (AvgIpc) is 2.68. The van der Waals surface area contributed by atoms with Crippen molar-refractivity contribution in [3.63, 3.8) is 0 Å². The Kier molecular flexibility index (Phi) is 11.5. The first-order valence-electron chi connectivity index (χ1n) is 11.3. The molecule has 0 saturated carbocycles. The monoisotopic (exact) mass is 529 g/mol. The first kappa shape index (κ1) is 31.4. The van der Waals surface area contributed by atoms with Crippen molar-refractivity contribution >= 4 is 65.9 Å². The predicted octanol–water partition coefficient (Wildman–Crippen LogP) is -4.45. The first-order valence-corrected chi connectivity index (χ1v) is 11.3. The smallest absolute Gasteiger partial charge is 0.615 e. The molecule has 200 valence electrons. The number of quaternary nitrogens is 2. The molecule has 26 heteroatoms. The van der Waals surface area contributed by atoms with Crippen LogP contribution in [0.25, 0.3) is 0 Å². The molecule has 6 saturated heterocycles. The van der Waals surface area contributed by atoms with Gasteiger partial charge in [0.25, 0.3) is 0 Å².